The quantitative estimate of drug-likeness (QED) is 0.391. The fourth-order valence-electron chi connectivity index (χ4n) is 4.10. The molecule has 1 aromatic heterocycles. The second kappa shape index (κ2) is 9.51. The molecule has 4 N–H and O–H groups in total. The number of aromatic hydroxyl groups is 1. The van der Waals surface area contributed by atoms with Crippen molar-refractivity contribution in [1.82, 2.24) is 19.8 Å². The first-order valence-electron chi connectivity index (χ1n) is 11.2. The Morgan fingerprint density at radius 2 is 2.03 bits per heavy atom. The Bertz CT molecular complexity index is 1180. The standard InChI is InChI=1S/C23H27F2N5O4/c1-13(6-7-30(26)16-4-5-16)29-9-8-28-12-17(20(31)21(32)19(28)23(29)34)22(33)27-11-14-2-3-15(24)10-18(14)25/h2-3,10,12-13,16,32H,4-9,11,26H2,1H3,(H,27,33). The zero-order valence-electron chi connectivity index (χ0n) is 18.8. The number of fused-ring (bicyclic) bond motifs is 1. The van der Waals surface area contributed by atoms with Crippen molar-refractivity contribution in [3.8, 4) is 5.75 Å². The van der Waals surface area contributed by atoms with Crippen LogP contribution in [0.15, 0.2) is 29.2 Å². The summed E-state index contributed by atoms with van der Waals surface area (Å²) >= 11 is 0. The van der Waals surface area contributed by atoms with E-state index in [2.05, 4.69) is 5.32 Å². The van der Waals surface area contributed by atoms with Crippen LogP contribution < -0.4 is 16.6 Å². The lowest BCUT2D eigenvalue weighted by Gasteiger charge is -2.35. The number of pyridine rings is 1. The second-order valence-corrected chi connectivity index (χ2v) is 8.79. The normalized spacial score (nSPS) is 16.5. The highest BCUT2D eigenvalue weighted by Crippen LogP contribution is 2.26. The van der Waals surface area contributed by atoms with Gasteiger partial charge in [0.05, 0.1) is 0 Å². The average Bonchev–Trinajstić information content (AvgIpc) is 3.64. The first kappa shape index (κ1) is 23.8. The van der Waals surface area contributed by atoms with Gasteiger partial charge < -0.3 is 19.9 Å². The third kappa shape index (κ3) is 4.80. The van der Waals surface area contributed by atoms with Gasteiger partial charge in [-0.25, -0.2) is 13.8 Å². The summed E-state index contributed by atoms with van der Waals surface area (Å²) in [5.41, 5.74) is -1.50. The van der Waals surface area contributed by atoms with Gasteiger partial charge >= 0.3 is 0 Å². The third-order valence-corrected chi connectivity index (χ3v) is 6.35. The maximum Gasteiger partial charge on any atom is 0.274 e. The fourth-order valence-corrected chi connectivity index (χ4v) is 4.10. The van der Waals surface area contributed by atoms with Gasteiger partial charge in [0.25, 0.3) is 11.8 Å². The molecular formula is C23H27F2N5O4. The highest BCUT2D eigenvalue weighted by molar-refractivity contribution is 5.99. The van der Waals surface area contributed by atoms with Gasteiger partial charge in [-0.05, 0) is 32.3 Å². The number of hydrazine groups is 1. The molecule has 2 aromatic rings. The van der Waals surface area contributed by atoms with Crippen LogP contribution in [-0.2, 0) is 13.1 Å². The van der Waals surface area contributed by atoms with Crippen molar-refractivity contribution in [1.29, 1.82) is 0 Å². The topological polar surface area (TPSA) is 121 Å². The molecule has 182 valence electrons. The Labute approximate surface area is 194 Å². The number of carbonyl (C=O) groups is 2. The number of nitrogens with one attached hydrogen (secondary N) is 1. The van der Waals surface area contributed by atoms with Crippen LogP contribution in [0.5, 0.6) is 5.75 Å². The summed E-state index contributed by atoms with van der Waals surface area (Å²) < 4.78 is 28.2. The minimum Gasteiger partial charge on any atom is -0.503 e. The smallest absolute Gasteiger partial charge is 0.274 e. The maximum atomic E-state index is 13.8. The molecule has 1 atom stereocenters. The van der Waals surface area contributed by atoms with E-state index in [1.807, 2.05) is 6.92 Å². The number of nitrogens with zero attached hydrogens (tertiary/aromatic N) is 3. The van der Waals surface area contributed by atoms with Gasteiger partial charge in [-0.3, -0.25) is 20.2 Å². The van der Waals surface area contributed by atoms with E-state index in [0.717, 1.165) is 18.9 Å². The number of benzene rings is 1. The minimum atomic E-state index is -0.993. The summed E-state index contributed by atoms with van der Waals surface area (Å²) in [7, 11) is 0. The number of aromatic nitrogens is 1. The summed E-state index contributed by atoms with van der Waals surface area (Å²) in [4.78, 5) is 39.9. The Morgan fingerprint density at radius 1 is 1.29 bits per heavy atom. The van der Waals surface area contributed by atoms with Crippen molar-refractivity contribution >= 4 is 11.8 Å². The molecule has 4 rings (SSSR count). The third-order valence-electron chi connectivity index (χ3n) is 6.35. The van der Waals surface area contributed by atoms with Crippen LogP contribution in [0.25, 0.3) is 0 Å². The molecule has 0 saturated heterocycles. The van der Waals surface area contributed by atoms with E-state index in [0.29, 0.717) is 31.6 Å². The fraction of sp³-hybridized carbons (Fsp3) is 0.435. The van der Waals surface area contributed by atoms with Crippen LogP contribution in [0.3, 0.4) is 0 Å². The number of halogens is 2. The molecule has 34 heavy (non-hydrogen) atoms. The van der Waals surface area contributed by atoms with Crippen molar-refractivity contribution in [3.63, 3.8) is 0 Å². The van der Waals surface area contributed by atoms with E-state index in [-0.39, 0.29) is 36.0 Å². The van der Waals surface area contributed by atoms with Crippen molar-refractivity contribution in [2.24, 2.45) is 5.84 Å². The van der Waals surface area contributed by atoms with Gasteiger partial charge in [-0.15, -0.1) is 0 Å². The summed E-state index contributed by atoms with van der Waals surface area (Å²) in [6.07, 6.45) is 4.02. The van der Waals surface area contributed by atoms with Crippen molar-refractivity contribution in [2.45, 2.75) is 51.4 Å². The zero-order valence-corrected chi connectivity index (χ0v) is 18.8. The van der Waals surface area contributed by atoms with Crippen LogP contribution >= 0.6 is 0 Å². The highest BCUT2D eigenvalue weighted by Gasteiger charge is 2.34. The summed E-state index contributed by atoms with van der Waals surface area (Å²) in [6.45, 7) is 2.85. The van der Waals surface area contributed by atoms with Gasteiger partial charge in [0.15, 0.2) is 11.4 Å². The molecule has 0 radical (unpaired) electrons. The van der Waals surface area contributed by atoms with Gasteiger partial charge in [-0.1, -0.05) is 6.07 Å². The first-order chi connectivity index (χ1) is 16.2. The van der Waals surface area contributed by atoms with Crippen LogP contribution in [0.1, 0.15) is 52.6 Å². The number of hydrogen-bond acceptors (Lipinski definition) is 6. The summed E-state index contributed by atoms with van der Waals surface area (Å²) in [6, 6.07) is 3.17. The van der Waals surface area contributed by atoms with Crippen LogP contribution in [0.2, 0.25) is 0 Å². The van der Waals surface area contributed by atoms with Gasteiger partial charge in [0, 0.05) is 56.1 Å². The Balaban J connectivity index is 1.48. The molecule has 1 saturated carbocycles. The summed E-state index contributed by atoms with van der Waals surface area (Å²) in [5, 5.41) is 14.7. The largest absolute Gasteiger partial charge is 0.503 e. The number of hydrogen-bond donors (Lipinski definition) is 3. The minimum absolute atomic E-state index is 0.0366. The van der Waals surface area contributed by atoms with E-state index < -0.39 is 34.6 Å². The van der Waals surface area contributed by atoms with Crippen LogP contribution in [0, 0.1) is 11.6 Å². The first-order valence-corrected chi connectivity index (χ1v) is 11.2. The van der Waals surface area contributed by atoms with Crippen molar-refractivity contribution in [3.05, 3.63) is 63.1 Å². The molecule has 1 aliphatic heterocycles. The molecule has 0 spiro atoms. The molecule has 2 aliphatic rings. The Hall–Kier alpha value is -3.31. The van der Waals surface area contributed by atoms with E-state index in [9.17, 15) is 28.3 Å². The molecule has 1 aliphatic carbocycles. The van der Waals surface area contributed by atoms with E-state index in [1.165, 1.54) is 16.8 Å². The molecule has 11 heteroatoms. The van der Waals surface area contributed by atoms with E-state index >= 15 is 0 Å². The number of carbonyl (C=O) groups excluding carboxylic acids is 2. The monoisotopic (exact) mass is 475 g/mol. The summed E-state index contributed by atoms with van der Waals surface area (Å²) in [5.74, 6) is 2.28. The number of rotatable bonds is 8. The zero-order chi connectivity index (χ0) is 24.6. The molecule has 9 nitrogen and oxygen atoms in total. The predicted molar refractivity (Wildman–Crippen MR) is 119 cm³/mol. The maximum absolute atomic E-state index is 13.8. The molecule has 0 bridgehead atoms. The highest BCUT2D eigenvalue weighted by atomic mass is 19.1. The number of nitrogens with two attached hydrogens (primary N) is 1. The molecule has 2 heterocycles. The molecular weight excluding hydrogens is 448 g/mol. The van der Waals surface area contributed by atoms with Crippen LogP contribution in [-0.4, -0.2) is 56.6 Å². The SMILES string of the molecule is CC(CCN(N)C1CC1)N1CCn2cc(C(=O)NCc3ccc(F)cc3F)c(=O)c(O)c2C1=O. The lowest BCUT2D eigenvalue weighted by molar-refractivity contribution is 0.0602. The van der Waals surface area contributed by atoms with Crippen molar-refractivity contribution < 1.29 is 23.5 Å². The van der Waals surface area contributed by atoms with Gasteiger partial charge in [0.2, 0.25) is 5.43 Å². The van der Waals surface area contributed by atoms with E-state index in [4.69, 9.17) is 5.84 Å². The van der Waals surface area contributed by atoms with E-state index in [1.54, 1.807) is 9.91 Å². The molecule has 1 aromatic carbocycles. The number of amides is 2. The predicted octanol–water partition coefficient (Wildman–Crippen LogP) is 1.33. The molecule has 1 fully saturated rings. The van der Waals surface area contributed by atoms with Crippen molar-refractivity contribution in [2.75, 3.05) is 13.1 Å². The second-order valence-electron chi connectivity index (χ2n) is 8.79. The molecule has 2 amide bonds. The lowest BCUT2D eigenvalue weighted by Crippen LogP contribution is -2.48. The van der Waals surface area contributed by atoms with Gasteiger partial charge in [0.1, 0.15) is 17.2 Å². The Morgan fingerprint density at radius 3 is 2.71 bits per heavy atom. The van der Waals surface area contributed by atoms with Gasteiger partial charge in [-0.2, -0.15) is 0 Å². The average molecular weight is 475 g/mol. The Kier molecular flexibility index (Phi) is 6.67. The molecule has 1 unspecified atom stereocenters. The van der Waals surface area contributed by atoms with Crippen LogP contribution in [0.4, 0.5) is 8.78 Å². The lowest BCUT2D eigenvalue weighted by atomic mass is 10.1.